The number of anilines is 1. The average molecular weight is 323 g/mol. The van der Waals surface area contributed by atoms with Crippen molar-refractivity contribution in [3.63, 3.8) is 0 Å². The minimum absolute atomic E-state index is 0.145. The Morgan fingerprint density at radius 2 is 2.17 bits per heavy atom. The fourth-order valence-corrected chi connectivity index (χ4v) is 1.92. The van der Waals surface area contributed by atoms with Crippen LogP contribution < -0.4 is 10.1 Å². The number of benzene rings is 1. The molecule has 0 radical (unpaired) electrons. The summed E-state index contributed by atoms with van der Waals surface area (Å²) in [7, 11) is 0. The second-order valence-electron chi connectivity index (χ2n) is 4.91. The molecule has 120 valence electrons. The van der Waals surface area contributed by atoms with Crippen LogP contribution in [0.1, 0.15) is 12.5 Å². The summed E-state index contributed by atoms with van der Waals surface area (Å²) in [6.45, 7) is 1.61. The molecule has 1 aromatic carbocycles. The summed E-state index contributed by atoms with van der Waals surface area (Å²) >= 11 is 0. The first-order valence-electron chi connectivity index (χ1n) is 7.08. The minimum atomic E-state index is -0.756. The van der Waals surface area contributed by atoms with Crippen LogP contribution in [0.15, 0.2) is 47.3 Å². The van der Waals surface area contributed by atoms with Gasteiger partial charge in [-0.1, -0.05) is 0 Å². The zero-order valence-corrected chi connectivity index (χ0v) is 12.7. The van der Waals surface area contributed by atoms with E-state index in [0.29, 0.717) is 17.1 Å². The molecular weight excluding hydrogens is 310 g/mol. The normalized spacial score (nSPS) is 11.5. The highest BCUT2D eigenvalue weighted by Gasteiger charge is 2.17. The zero-order chi connectivity index (χ0) is 16.9. The van der Waals surface area contributed by atoms with E-state index in [2.05, 4.69) is 20.5 Å². The van der Waals surface area contributed by atoms with Gasteiger partial charge in [-0.15, -0.1) is 5.10 Å². The molecule has 3 rings (SSSR count). The van der Waals surface area contributed by atoms with Gasteiger partial charge in [-0.3, -0.25) is 15.2 Å². The van der Waals surface area contributed by atoms with Gasteiger partial charge in [-0.05, 0) is 37.3 Å². The lowest BCUT2D eigenvalue weighted by atomic mass is 10.2. The van der Waals surface area contributed by atoms with Gasteiger partial charge in [0, 0.05) is 0 Å². The predicted molar refractivity (Wildman–Crippen MR) is 84.0 cm³/mol. The summed E-state index contributed by atoms with van der Waals surface area (Å²) in [6, 6.07) is 10.2. The standard InChI is InChI=1S/C16H13N5O3/c1-10(24-13-4-2-11(8-17)3-5-13)15(22)19-16-18-14(20-21-16)12-6-7-23-9-12/h2-7,9-10H,1H3,(H2,18,19,20,21,22)/t10-/m0/s1. The molecule has 8 heteroatoms. The molecule has 0 saturated carbocycles. The third kappa shape index (κ3) is 3.41. The first-order chi connectivity index (χ1) is 11.7. The van der Waals surface area contributed by atoms with E-state index in [1.165, 1.54) is 12.5 Å². The van der Waals surface area contributed by atoms with Crippen molar-refractivity contribution in [1.29, 1.82) is 5.26 Å². The highest BCUT2D eigenvalue weighted by Crippen LogP contribution is 2.17. The number of aromatic nitrogens is 3. The van der Waals surface area contributed by atoms with Crippen LogP contribution in [0.25, 0.3) is 11.4 Å². The number of furan rings is 1. The van der Waals surface area contributed by atoms with Gasteiger partial charge < -0.3 is 9.15 Å². The van der Waals surface area contributed by atoms with Crippen LogP contribution in [-0.2, 0) is 4.79 Å². The number of hydrogen-bond acceptors (Lipinski definition) is 6. The molecule has 8 nitrogen and oxygen atoms in total. The van der Waals surface area contributed by atoms with Crippen LogP contribution in [0.4, 0.5) is 5.95 Å². The summed E-state index contributed by atoms with van der Waals surface area (Å²) in [6.07, 6.45) is 2.28. The lowest BCUT2D eigenvalue weighted by molar-refractivity contribution is -0.122. The van der Waals surface area contributed by atoms with Crippen molar-refractivity contribution in [2.24, 2.45) is 0 Å². The maximum Gasteiger partial charge on any atom is 0.267 e. The maximum atomic E-state index is 12.1. The second kappa shape index (κ2) is 6.66. The van der Waals surface area contributed by atoms with Crippen LogP contribution in [0, 0.1) is 11.3 Å². The summed E-state index contributed by atoms with van der Waals surface area (Å²) in [5, 5.41) is 18.0. The molecule has 0 aliphatic carbocycles. The number of aromatic amines is 1. The van der Waals surface area contributed by atoms with Crippen molar-refractivity contribution in [3.8, 4) is 23.2 Å². The van der Waals surface area contributed by atoms with Gasteiger partial charge in [0.2, 0.25) is 5.95 Å². The molecule has 0 bridgehead atoms. The monoisotopic (exact) mass is 323 g/mol. The predicted octanol–water partition coefficient (Wildman–Crippen LogP) is 2.34. The Kier molecular flexibility index (Phi) is 4.25. The maximum absolute atomic E-state index is 12.1. The van der Waals surface area contributed by atoms with E-state index in [9.17, 15) is 4.79 Å². The van der Waals surface area contributed by atoms with E-state index in [-0.39, 0.29) is 5.95 Å². The van der Waals surface area contributed by atoms with E-state index in [1.54, 1.807) is 37.3 Å². The highest BCUT2D eigenvalue weighted by molar-refractivity contribution is 5.92. The molecule has 2 N–H and O–H groups in total. The Labute approximate surface area is 137 Å². The molecule has 1 atom stereocenters. The number of hydrogen-bond donors (Lipinski definition) is 2. The smallest absolute Gasteiger partial charge is 0.267 e. The third-order valence-electron chi connectivity index (χ3n) is 3.18. The first kappa shape index (κ1) is 15.3. The molecule has 0 fully saturated rings. The molecule has 1 amide bonds. The second-order valence-corrected chi connectivity index (χ2v) is 4.91. The molecule has 0 aliphatic rings. The number of carbonyl (C=O) groups excluding carboxylic acids is 1. The largest absolute Gasteiger partial charge is 0.481 e. The number of rotatable bonds is 5. The summed E-state index contributed by atoms with van der Waals surface area (Å²) < 4.78 is 10.5. The number of nitrogens with one attached hydrogen (secondary N) is 2. The van der Waals surface area contributed by atoms with Crippen molar-refractivity contribution >= 4 is 11.9 Å². The van der Waals surface area contributed by atoms with Crippen LogP contribution >= 0.6 is 0 Å². The van der Waals surface area contributed by atoms with E-state index in [1.807, 2.05) is 6.07 Å². The summed E-state index contributed by atoms with van der Waals surface area (Å²) in [5.74, 6) is 0.731. The van der Waals surface area contributed by atoms with Crippen molar-refractivity contribution < 1.29 is 13.9 Å². The minimum Gasteiger partial charge on any atom is -0.481 e. The Morgan fingerprint density at radius 1 is 1.38 bits per heavy atom. The average Bonchev–Trinajstić information content (AvgIpc) is 3.26. The highest BCUT2D eigenvalue weighted by atomic mass is 16.5. The van der Waals surface area contributed by atoms with Gasteiger partial charge >= 0.3 is 0 Å². The van der Waals surface area contributed by atoms with Crippen LogP contribution in [0.3, 0.4) is 0 Å². The fraction of sp³-hybridized carbons (Fsp3) is 0.125. The molecule has 24 heavy (non-hydrogen) atoms. The summed E-state index contributed by atoms with van der Waals surface area (Å²) in [5.41, 5.74) is 1.25. The molecule has 0 saturated heterocycles. The Balaban J connectivity index is 1.60. The van der Waals surface area contributed by atoms with Crippen molar-refractivity contribution in [2.75, 3.05) is 5.32 Å². The van der Waals surface area contributed by atoms with Gasteiger partial charge in [0.25, 0.3) is 5.91 Å². The molecule has 0 aliphatic heterocycles. The quantitative estimate of drug-likeness (QED) is 0.744. The molecular formula is C16H13N5O3. The Hall–Kier alpha value is -3.60. The van der Waals surface area contributed by atoms with Crippen LogP contribution in [0.2, 0.25) is 0 Å². The summed E-state index contributed by atoms with van der Waals surface area (Å²) in [4.78, 5) is 16.3. The van der Waals surface area contributed by atoms with Gasteiger partial charge in [0.15, 0.2) is 11.9 Å². The Morgan fingerprint density at radius 3 is 2.83 bits per heavy atom. The first-order valence-corrected chi connectivity index (χ1v) is 7.08. The van der Waals surface area contributed by atoms with Crippen LogP contribution in [0.5, 0.6) is 5.75 Å². The van der Waals surface area contributed by atoms with Crippen molar-refractivity contribution in [1.82, 2.24) is 15.2 Å². The van der Waals surface area contributed by atoms with E-state index in [4.69, 9.17) is 14.4 Å². The van der Waals surface area contributed by atoms with Crippen molar-refractivity contribution in [3.05, 3.63) is 48.4 Å². The molecule has 2 heterocycles. The number of H-pyrrole nitrogens is 1. The van der Waals surface area contributed by atoms with Gasteiger partial charge in [0.05, 0.1) is 23.5 Å². The number of carbonyl (C=O) groups is 1. The Bertz CT molecular complexity index is 862. The third-order valence-corrected chi connectivity index (χ3v) is 3.18. The lowest BCUT2D eigenvalue weighted by Crippen LogP contribution is -2.30. The molecule has 0 spiro atoms. The molecule has 0 unspecified atom stereocenters. The number of amides is 1. The molecule has 3 aromatic rings. The SMILES string of the molecule is C[C@H](Oc1ccc(C#N)cc1)C(=O)Nc1n[nH]c(-c2ccoc2)n1. The van der Waals surface area contributed by atoms with Crippen LogP contribution in [-0.4, -0.2) is 27.2 Å². The topological polar surface area (TPSA) is 117 Å². The van der Waals surface area contributed by atoms with Gasteiger partial charge in [-0.2, -0.15) is 10.2 Å². The number of ether oxygens (including phenoxy) is 1. The molecule has 2 aromatic heterocycles. The zero-order valence-electron chi connectivity index (χ0n) is 12.7. The number of nitrogens with zero attached hydrogens (tertiary/aromatic N) is 3. The van der Waals surface area contributed by atoms with Gasteiger partial charge in [0.1, 0.15) is 12.0 Å². The number of nitriles is 1. The van der Waals surface area contributed by atoms with E-state index < -0.39 is 12.0 Å². The lowest BCUT2D eigenvalue weighted by Gasteiger charge is -2.13. The van der Waals surface area contributed by atoms with Gasteiger partial charge in [-0.25, -0.2) is 0 Å². The van der Waals surface area contributed by atoms with E-state index in [0.717, 1.165) is 5.56 Å². The van der Waals surface area contributed by atoms with E-state index >= 15 is 0 Å². The van der Waals surface area contributed by atoms with Crippen molar-refractivity contribution in [2.45, 2.75) is 13.0 Å². The fourth-order valence-electron chi connectivity index (χ4n) is 1.92.